The highest BCUT2D eigenvalue weighted by Gasteiger charge is 2.16. The van der Waals surface area contributed by atoms with Crippen LogP contribution in [0.15, 0.2) is 28.7 Å². The average molecular weight is 337 g/mol. The number of benzene rings is 1. The minimum Gasteiger partial charge on any atom is -0.395 e. The molecule has 1 amide bonds. The van der Waals surface area contributed by atoms with Crippen LogP contribution in [0.4, 0.5) is 5.69 Å². The van der Waals surface area contributed by atoms with Crippen LogP contribution >= 0.6 is 15.9 Å². The van der Waals surface area contributed by atoms with E-state index in [2.05, 4.69) is 31.4 Å². The minimum absolute atomic E-state index is 0.263. The quantitative estimate of drug-likeness (QED) is 0.784. The summed E-state index contributed by atoms with van der Waals surface area (Å²) in [6, 6.07) is 7.76. The van der Waals surface area contributed by atoms with Gasteiger partial charge < -0.3 is 11.1 Å². The number of nitrogen functional groups attached to an aromatic ring is 1. The second kappa shape index (κ2) is 6.56. The van der Waals surface area contributed by atoms with Crippen molar-refractivity contribution in [1.29, 1.82) is 0 Å². The number of nitrogens with one attached hydrogen (secondary N) is 2. The second-order valence-corrected chi connectivity index (χ2v) is 5.44. The van der Waals surface area contributed by atoms with E-state index in [1.165, 1.54) is 0 Å². The highest BCUT2D eigenvalue weighted by molar-refractivity contribution is 9.10. The zero-order valence-electron chi connectivity index (χ0n) is 11.2. The van der Waals surface area contributed by atoms with Crippen LogP contribution in [0.25, 0.3) is 0 Å². The van der Waals surface area contributed by atoms with Gasteiger partial charge in [-0.2, -0.15) is 5.10 Å². The second-order valence-electron chi connectivity index (χ2n) is 4.53. The van der Waals surface area contributed by atoms with E-state index in [4.69, 9.17) is 5.73 Å². The van der Waals surface area contributed by atoms with E-state index in [-0.39, 0.29) is 11.6 Å². The molecule has 5 nitrogen and oxygen atoms in total. The number of hydrogen-bond donors (Lipinski definition) is 3. The third-order valence-electron chi connectivity index (χ3n) is 2.94. The first-order chi connectivity index (χ1) is 9.61. The predicted molar refractivity (Wildman–Crippen MR) is 82.3 cm³/mol. The summed E-state index contributed by atoms with van der Waals surface area (Å²) in [5.41, 5.74) is 8.46. The topological polar surface area (TPSA) is 83.8 Å². The standard InChI is InChI=1S/C14H17BrN4O/c1-2-4-11-12(16)13(19-18-11)14(20)17-8-9-5-3-6-10(15)7-9/h3,5-7H,2,4,8,16H2,1H3,(H,17,20)(H,18,19). The van der Waals surface area contributed by atoms with Gasteiger partial charge in [0.1, 0.15) is 0 Å². The smallest absolute Gasteiger partial charge is 0.274 e. The van der Waals surface area contributed by atoms with Gasteiger partial charge in [-0.25, -0.2) is 0 Å². The molecule has 6 heteroatoms. The summed E-state index contributed by atoms with van der Waals surface area (Å²) in [6.45, 7) is 2.49. The molecule has 0 saturated heterocycles. The SMILES string of the molecule is CCCc1[nH]nc(C(=O)NCc2cccc(Br)c2)c1N. The van der Waals surface area contributed by atoms with Gasteiger partial charge in [0.05, 0.1) is 11.4 Å². The van der Waals surface area contributed by atoms with Crippen LogP contribution in [0.5, 0.6) is 0 Å². The molecule has 1 aromatic heterocycles. The van der Waals surface area contributed by atoms with Crippen LogP contribution in [-0.2, 0) is 13.0 Å². The van der Waals surface area contributed by atoms with E-state index >= 15 is 0 Å². The molecular weight excluding hydrogens is 320 g/mol. The lowest BCUT2D eigenvalue weighted by Crippen LogP contribution is -2.24. The molecule has 0 radical (unpaired) electrons. The molecule has 0 aliphatic carbocycles. The number of carbonyl (C=O) groups is 1. The van der Waals surface area contributed by atoms with Gasteiger partial charge in [-0.05, 0) is 24.1 Å². The Morgan fingerprint density at radius 3 is 3.00 bits per heavy atom. The van der Waals surface area contributed by atoms with E-state index in [0.717, 1.165) is 28.6 Å². The van der Waals surface area contributed by atoms with Crippen molar-refractivity contribution in [3.63, 3.8) is 0 Å². The van der Waals surface area contributed by atoms with Gasteiger partial charge in [-0.3, -0.25) is 9.89 Å². The average Bonchev–Trinajstić information content (AvgIpc) is 2.78. The van der Waals surface area contributed by atoms with Crippen LogP contribution in [0, 0.1) is 0 Å². The molecule has 2 aromatic rings. The number of aromatic amines is 1. The van der Waals surface area contributed by atoms with Gasteiger partial charge in [0.15, 0.2) is 5.69 Å². The fraction of sp³-hybridized carbons (Fsp3) is 0.286. The van der Waals surface area contributed by atoms with Crippen LogP contribution in [0.1, 0.15) is 35.1 Å². The number of halogens is 1. The highest BCUT2D eigenvalue weighted by Crippen LogP contribution is 2.16. The molecule has 0 saturated carbocycles. The predicted octanol–water partition coefficient (Wildman–Crippen LogP) is 2.64. The minimum atomic E-state index is -0.263. The molecule has 0 aliphatic heterocycles. The Hall–Kier alpha value is -1.82. The van der Waals surface area contributed by atoms with Gasteiger partial charge >= 0.3 is 0 Å². The van der Waals surface area contributed by atoms with Crippen molar-refractivity contribution in [1.82, 2.24) is 15.5 Å². The maximum Gasteiger partial charge on any atom is 0.274 e. The Morgan fingerprint density at radius 1 is 1.50 bits per heavy atom. The fourth-order valence-corrected chi connectivity index (χ4v) is 2.36. The zero-order chi connectivity index (χ0) is 14.5. The summed E-state index contributed by atoms with van der Waals surface area (Å²) >= 11 is 3.40. The molecule has 4 N–H and O–H groups in total. The maximum absolute atomic E-state index is 12.1. The van der Waals surface area contributed by atoms with Crippen LogP contribution in [-0.4, -0.2) is 16.1 Å². The molecule has 0 spiro atoms. The van der Waals surface area contributed by atoms with Crippen LogP contribution in [0.3, 0.4) is 0 Å². The van der Waals surface area contributed by atoms with Crippen molar-refractivity contribution in [2.24, 2.45) is 0 Å². The molecule has 0 bridgehead atoms. The fourth-order valence-electron chi connectivity index (χ4n) is 1.91. The lowest BCUT2D eigenvalue weighted by molar-refractivity contribution is 0.0947. The summed E-state index contributed by atoms with van der Waals surface area (Å²) in [5, 5.41) is 9.63. The summed E-state index contributed by atoms with van der Waals surface area (Å²) in [4.78, 5) is 12.1. The van der Waals surface area contributed by atoms with Crippen molar-refractivity contribution in [3.8, 4) is 0 Å². The number of aromatic nitrogens is 2. The van der Waals surface area contributed by atoms with Gasteiger partial charge in [0.25, 0.3) is 5.91 Å². The number of anilines is 1. The number of aryl methyl sites for hydroxylation is 1. The number of amides is 1. The van der Waals surface area contributed by atoms with Crippen molar-refractivity contribution in [3.05, 3.63) is 45.7 Å². The van der Waals surface area contributed by atoms with E-state index in [0.29, 0.717) is 12.2 Å². The molecule has 1 heterocycles. The molecule has 106 valence electrons. The van der Waals surface area contributed by atoms with Gasteiger partial charge in [0.2, 0.25) is 0 Å². The van der Waals surface area contributed by atoms with E-state index in [9.17, 15) is 4.79 Å². The number of nitrogens with two attached hydrogens (primary N) is 1. The van der Waals surface area contributed by atoms with Crippen molar-refractivity contribution < 1.29 is 4.79 Å². The summed E-state index contributed by atoms with van der Waals surface area (Å²) in [5.74, 6) is -0.263. The number of nitrogens with zero attached hydrogens (tertiary/aromatic N) is 1. The van der Waals surface area contributed by atoms with E-state index in [1.54, 1.807) is 0 Å². The van der Waals surface area contributed by atoms with Crippen molar-refractivity contribution in [2.75, 3.05) is 5.73 Å². The maximum atomic E-state index is 12.1. The normalized spacial score (nSPS) is 10.5. The first kappa shape index (κ1) is 14.6. The third-order valence-corrected chi connectivity index (χ3v) is 3.43. The monoisotopic (exact) mass is 336 g/mol. The number of hydrogen-bond acceptors (Lipinski definition) is 3. The molecule has 0 aliphatic rings. The van der Waals surface area contributed by atoms with Gasteiger partial charge in [-0.15, -0.1) is 0 Å². The summed E-state index contributed by atoms with van der Waals surface area (Å²) in [7, 11) is 0. The Morgan fingerprint density at radius 2 is 2.30 bits per heavy atom. The van der Waals surface area contributed by atoms with Crippen molar-refractivity contribution >= 4 is 27.5 Å². The largest absolute Gasteiger partial charge is 0.395 e. The molecule has 0 unspecified atom stereocenters. The summed E-state index contributed by atoms with van der Waals surface area (Å²) < 4.78 is 0.980. The molecule has 20 heavy (non-hydrogen) atoms. The number of carbonyl (C=O) groups excluding carboxylic acids is 1. The molecule has 2 rings (SSSR count). The van der Waals surface area contributed by atoms with E-state index < -0.39 is 0 Å². The first-order valence-corrected chi connectivity index (χ1v) is 7.26. The Balaban J connectivity index is 2.02. The van der Waals surface area contributed by atoms with E-state index in [1.807, 2.05) is 31.2 Å². The first-order valence-electron chi connectivity index (χ1n) is 6.47. The molecule has 0 fully saturated rings. The Kier molecular flexibility index (Phi) is 4.79. The number of H-pyrrole nitrogens is 1. The lowest BCUT2D eigenvalue weighted by Gasteiger charge is -2.04. The lowest BCUT2D eigenvalue weighted by atomic mass is 10.2. The Labute approximate surface area is 126 Å². The molecule has 0 atom stereocenters. The Bertz CT molecular complexity index is 609. The molecular formula is C14H17BrN4O. The highest BCUT2D eigenvalue weighted by atomic mass is 79.9. The third kappa shape index (κ3) is 3.39. The van der Waals surface area contributed by atoms with Crippen LogP contribution in [0.2, 0.25) is 0 Å². The molecule has 1 aromatic carbocycles. The number of rotatable bonds is 5. The van der Waals surface area contributed by atoms with Crippen LogP contribution < -0.4 is 11.1 Å². The van der Waals surface area contributed by atoms with Gasteiger partial charge in [0, 0.05) is 11.0 Å². The zero-order valence-corrected chi connectivity index (χ0v) is 12.8. The van der Waals surface area contributed by atoms with Gasteiger partial charge in [-0.1, -0.05) is 41.4 Å². The van der Waals surface area contributed by atoms with Crippen molar-refractivity contribution in [2.45, 2.75) is 26.3 Å². The summed E-state index contributed by atoms with van der Waals surface area (Å²) in [6.07, 6.45) is 1.74.